The quantitative estimate of drug-likeness (QED) is 0.485. The van der Waals surface area contributed by atoms with Crippen LogP contribution in [0.1, 0.15) is 20.8 Å². The monoisotopic (exact) mass is 118 g/mol. The molecular weight excluding hydrogens is 108 g/mol. The van der Waals surface area contributed by atoms with Crippen LogP contribution in [-0.2, 0) is 4.74 Å². The van der Waals surface area contributed by atoms with Crippen LogP contribution in [0.4, 0.5) is 0 Å². The van der Waals surface area contributed by atoms with Gasteiger partial charge in [0.15, 0.2) is 5.05 Å². The van der Waals surface area contributed by atoms with Crippen LogP contribution in [0.15, 0.2) is 0 Å². The minimum atomic E-state index is 0.234. The van der Waals surface area contributed by atoms with Gasteiger partial charge in [-0.05, 0) is 26.1 Å². The highest BCUT2D eigenvalue weighted by atomic mass is 32.1. The highest BCUT2D eigenvalue weighted by Crippen LogP contribution is 1.88. The lowest BCUT2D eigenvalue weighted by molar-refractivity contribution is 0.233. The third-order valence-corrected chi connectivity index (χ3v) is 0.498. The number of thiocarbonyl (C=S) groups is 1. The molecule has 0 spiro atoms. The third kappa shape index (κ3) is 5.89. The molecule has 0 saturated heterocycles. The summed E-state index contributed by atoms with van der Waals surface area (Å²) in [5, 5.41) is 0.620. The van der Waals surface area contributed by atoms with Crippen molar-refractivity contribution < 1.29 is 4.74 Å². The van der Waals surface area contributed by atoms with Crippen LogP contribution in [0, 0.1) is 0 Å². The molecule has 0 aromatic heterocycles. The average Bonchev–Trinajstić information content (AvgIpc) is 1.27. The Labute approximate surface area is 49.7 Å². The summed E-state index contributed by atoms with van der Waals surface area (Å²) in [5.41, 5.74) is 0. The minimum absolute atomic E-state index is 0.234. The van der Waals surface area contributed by atoms with E-state index in [-0.39, 0.29) is 6.10 Å². The van der Waals surface area contributed by atoms with Crippen molar-refractivity contribution in [2.75, 3.05) is 0 Å². The van der Waals surface area contributed by atoms with Crippen molar-refractivity contribution in [3.05, 3.63) is 0 Å². The molecule has 0 heterocycles. The molecule has 0 atom stereocenters. The average molecular weight is 118 g/mol. The maximum Gasteiger partial charge on any atom is 0.156 e. The Balaban J connectivity index is 3.13. The van der Waals surface area contributed by atoms with Crippen molar-refractivity contribution in [3.63, 3.8) is 0 Å². The van der Waals surface area contributed by atoms with E-state index in [1.165, 1.54) is 0 Å². The third-order valence-electron chi connectivity index (χ3n) is 0.402. The second-order valence-electron chi connectivity index (χ2n) is 1.66. The molecule has 0 fully saturated rings. The van der Waals surface area contributed by atoms with Gasteiger partial charge in [-0.3, -0.25) is 0 Å². The maximum atomic E-state index is 4.98. The number of hydrogen-bond acceptors (Lipinski definition) is 2. The first kappa shape index (κ1) is 6.89. The molecule has 2 heteroatoms. The fourth-order valence-corrected chi connectivity index (χ4v) is 0.524. The Bertz CT molecular complexity index is 68.5. The van der Waals surface area contributed by atoms with Gasteiger partial charge in [0, 0.05) is 6.92 Å². The number of ether oxygens (including phenoxy) is 1. The molecule has 0 rings (SSSR count). The van der Waals surface area contributed by atoms with Crippen LogP contribution >= 0.6 is 12.2 Å². The molecule has 0 aliphatic carbocycles. The summed E-state index contributed by atoms with van der Waals surface area (Å²) in [7, 11) is 0. The molecule has 0 aliphatic rings. The number of rotatable bonds is 1. The Morgan fingerprint density at radius 3 is 2.00 bits per heavy atom. The highest BCUT2D eigenvalue weighted by molar-refractivity contribution is 7.80. The van der Waals surface area contributed by atoms with Gasteiger partial charge in [0.25, 0.3) is 0 Å². The second-order valence-corrected chi connectivity index (χ2v) is 2.23. The summed E-state index contributed by atoms with van der Waals surface area (Å²) in [5.74, 6) is 0. The lowest BCUT2D eigenvalue weighted by atomic mass is 10.5. The van der Waals surface area contributed by atoms with E-state index in [4.69, 9.17) is 4.74 Å². The van der Waals surface area contributed by atoms with E-state index in [0.717, 1.165) is 0 Å². The first-order chi connectivity index (χ1) is 3.13. The van der Waals surface area contributed by atoms with Gasteiger partial charge in [0.2, 0.25) is 0 Å². The molecule has 0 radical (unpaired) electrons. The predicted molar refractivity (Wildman–Crippen MR) is 34.5 cm³/mol. The zero-order valence-electron chi connectivity index (χ0n) is 4.89. The van der Waals surface area contributed by atoms with Crippen LogP contribution in [0.25, 0.3) is 0 Å². The summed E-state index contributed by atoms with van der Waals surface area (Å²) in [6.45, 7) is 5.68. The van der Waals surface area contributed by atoms with Crippen molar-refractivity contribution in [2.24, 2.45) is 0 Å². The van der Waals surface area contributed by atoms with Crippen LogP contribution < -0.4 is 0 Å². The Hall–Kier alpha value is -0.110. The molecule has 42 valence electrons. The van der Waals surface area contributed by atoms with Crippen LogP contribution in [0.2, 0.25) is 0 Å². The first-order valence-electron chi connectivity index (χ1n) is 2.30. The summed E-state index contributed by atoms with van der Waals surface area (Å²) in [4.78, 5) is 0. The standard InChI is InChI=1S/C5H10OS/c1-4(2)6-5(3)7/h4H,1-3H3. The summed E-state index contributed by atoms with van der Waals surface area (Å²) < 4.78 is 4.98. The van der Waals surface area contributed by atoms with Gasteiger partial charge in [0.05, 0.1) is 6.10 Å². The first-order valence-corrected chi connectivity index (χ1v) is 2.71. The van der Waals surface area contributed by atoms with Gasteiger partial charge in [-0.25, -0.2) is 0 Å². The maximum absolute atomic E-state index is 4.98. The SMILES string of the molecule is CC(=S)OC(C)C. The molecule has 0 unspecified atom stereocenters. The molecule has 0 N–H and O–H groups in total. The van der Waals surface area contributed by atoms with Gasteiger partial charge in [0.1, 0.15) is 0 Å². The fourth-order valence-electron chi connectivity index (χ4n) is 0.332. The van der Waals surface area contributed by atoms with E-state index < -0.39 is 0 Å². The normalized spacial score (nSPS) is 9.14. The Kier molecular flexibility index (Phi) is 2.92. The molecular formula is C5H10OS. The van der Waals surface area contributed by atoms with Crippen LogP contribution in [-0.4, -0.2) is 11.2 Å². The largest absolute Gasteiger partial charge is 0.485 e. The Morgan fingerprint density at radius 2 is 2.00 bits per heavy atom. The molecule has 0 saturated carbocycles. The van der Waals surface area contributed by atoms with Gasteiger partial charge < -0.3 is 4.74 Å². The summed E-state index contributed by atoms with van der Waals surface area (Å²) in [6, 6.07) is 0. The molecule has 0 aliphatic heterocycles. The molecule has 0 amide bonds. The molecule has 1 nitrogen and oxygen atoms in total. The fraction of sp³-hybridized carbons (Fsp3) is 0.800. The smallest absolute Gasteiger partial charge is 0.156 e. The van der Waals surface area contributed by atoms with Crippen LogP contribution in [0.3, 0.4) is 0 Å². The number of hydrogen-bond donors (Lipinski definition) is 0. The lowest BCUT2D eigenvalue weighted by Gasteiger charge is -2.04. The predicted octanol–water partition coefficient (Wildman–Crippen LogP) is 1.76. The van der Waals surface area contributed by atoms with Crippen molar-refractivity contribution in [3.8, 4) is 0 Å². The van der Waals surface area contributed by atoms with Crippen molar-refractivity contribution in [1.82, 2.24) is 0 Å². The van der Waals surface area contributed by atoms with Gasteiger partial charge in [-0.2, -0.15) is 0 Å². The van der Waals surface area contributed by atoms with Gasteiger partial charge in [-0.15, -0.1) is 0 Å². The van der Waals surface area contributed by atoms with Gasteiger partial charge >= 0.3 is 0 Å². The van der Waals surface area contributed by atoms with Crippen molar-refractivity contribution >= 4 is 17.3 Å². The lowest BCUT2D eigenvalue weighted by Crippen LogP contribution is -2.04. The molecule has 0 aromatic rings. The van der Waals surface area contributed by atoms with E-state index >= 15 is 0 Å². The molecule has 0 bridgehead atoms. The molecule has 0 aromatic carbocycles. The molecule has 7 heavy (non-hydrogen) atoms. The van der Waals surface area contributed by atoms with Crippen molar-refractivity contribution in [2.45, 2.75) is 26.9 Å². The van der Waals surface area contributed by atoms with E-state index in [2.05, 4.69) is 12.2 Å². The van der Waals surface area contributed by atoms with E-state index in [1.807, 2.05) is 13.8 Å². The van der Waals surface area contributed by atoms with Gasteiger partial charge in [-0.1, -0.05) is 0 Å². The zero-order valence-corrected chi connectivity index (χ0v) is 5.71. The summed E-state index contributed by atoms with van der Waals surface area (Å²) in [6.07, 6.45) is 0.234. The Morgan fingerprint density at radius 1 is 1.57 bits per heavy atom. The zero-order chi connectivity index (χ0) is 5.86. The highest BCUT2D eigenvalue weighted by Gasteiger charge is 1.90. The topological polar surface area (TPSA) is 9.23 Å². The van der Waals surface area contributed by atoms with E-state index in [9.17, 15) is 0 Å². The second kappa shape index (κ2) is 2.97. The minimum Gasteiger partial charge on any atom is -0.485 e. The van der Waals surface area contributed by atoms with E-state index in [0.29, 0.717) is 5.05 Å². The van der Waals surface area contributed by atoms with Crippen molar-refractivity contribution in [1.29, 1.82) is 0 Å². The summed E-state index contributed by atoms with van der Waals surface area (Å²) >= 11 is 4.65. The van der Waals surface area contributed by atoms with Crippen LogP contribution in [0.5, 0.6) is 0 Å². The van der Waals surface area contributed by atoms with E-state index in [1.54, 1.807) is 6.92 Å².